The molecule has 10 nitrogen and oxygen atoms in total. The first kappa shape index (κ1) is 35.9. The van der Waals surface area contributed by atoms with Crippen molar-refractivity contribution in [1.82, 2.24) is 9.47 Å². The maximum atomic E-state index is 15.1. The van der Waals surface area contributed by atoms with E-state index in [4.69, 9.17) is 14.2 Å². The van der Waals surface area contributed by atoms with Gasteiger partial charge in [-0.15, -0.1) is 0 Å². The second kappa shape index (κ2) is 15.4. The van der Waals surface area contributed by atoms with Gasteiger partial charge in [-0.3, -0.25) is 9.59 Å². The van der Waals surface area contributed by atoms with E-state index in [1.165, 1.54) is 5.56 Å². The predicted octanol–water partition coefficient (Wildman–Crippen LogP) is 8.54. The number of rotatable bonds is 10. The zero-order valence-corrected chi connectivity index (χ0v) is 31.4. The Balaban J connectivity index is 1.10. The number of carboxylic acid groups (broad SMARTS) is 1. The molecule has 9 rings (SSSR count). The minimum Gasteiger partial charge on any atom is -0.489 e. The highest BCUT2D eigenvalue weighted by atomic mass is 16.7. The van der Waals surface area contributed by atoms with Gasteiger partial charge >= 0.3 is 5.97 Å². The molecule has 57 heavy (non-hydrogen) atoms. The van der Waals surface area contributed by atoms with Crippen LogP contribution in [0.2, 0.25) is 0 Å². The van der Waals surface area contributed by atoms with Gasteiger partial charge in [0.25, 0.3) is 11.8 Å². The van der Waals surface area contributed by atoms with E-state index in [1.807, 2.05) is 89.8 Å². The number of benzene rings is 5. The highest BCUT2D eigenvalue weighted by Crippen LogP contribution is 2.42. The maximum absolute atomic E-state index is 15.1. The summed E-state index contributed by atoms with van der Waals surface area (Å²) < 4.78 is 19.9. The van der Waals surface area contributed by atoms with Crippen LogP contribution in [0.1, 0.15) is 71.9 Å². The standard InChI is InChI=1S/C47H41N3O7/c51-45(48-22-20-33-12-4-5-13-35(33)28-48)39-26-44-43(56-30-57-44)25-38(39)42-24-40(41-15-6-7-21-49(41)42)46(52)50(27-32-11-8-14-34(23-32)47(53)54)36-16-18-37(19-17-36)55-29-31-9-2-1-3-10-31/h1-5,8-14,16-19,23-26H,6-7,15,20-22,27-30H2,(H,53,54). The molecule has 1 N–H and O–H groups in total. The molecule has 1 aromatic heterocycles. The lowest BCUT2D eigenvalue weighted by molar-refractivity contribution is 0.0694. The van der Waals surface area contributed by atoms with Crippen molar-refractivity contribution in [2.45, 2.75) is 51.9 Å². The van der Waals surface area contributed by atoms with Gasteiger partial charge in [0.1, 0.15) is 12.4 Å². The Morgan fingerprint density at radius 1 is 0.719 bits per heavy atom. The SMILES string of the molecule is O=C(O)c1cccc(CN(C(=O)c2cc(-c3cc4c(cc3C(=O)N3CCc5ccccc5C3)OCO4)n3c2CCCC3)c2ccc(OCc3ccccc3)cc2)c1. The van der Waals surface area contributed by atoms with Crippen LogP contribution in [0, 0.1) is 0 Å². The first-order valence-corrected chi connectivity index (χ1v) is 19.3. The van der Waals surface area contributed by atoms with E-state index in [2.05, 4.69) is 16.7 Å². The summed E-state index contributed by atoms with van der Waals surface area (Å²) in [6.45, 7) is 2.38. The molecule has 0 saturated carbocycles. The van der Waals surface area contributed by atoms with E-state index in [9.17, 15) is 14.7 Å². The summed E-state index contributed by atoms with van der Waals surface area (Å²) in [6.07, 6.45) is 3.30. The van der Waals surface area contributed by atoms with Crippen LogP contribution in [-0.2, 0) is 39.1 Å². The van der Waals surface area contributed by atoms with Crippen LogP contribution in [0.15, 0.2) is 121 Å². The van der Waals surface area contributed by atoms with E-state index in [1.54, 1.807) is 29.2 Å². The van der Waals surface area contributed by atoms with E-state index < -0.39 is 5.97 Å². The molecule has 3 aliphatic rings. The number of nitrogens with zero attached hydrogens (tertiary/aromatic N) is 3. The van der Waals surface area contributed by atoms with E-state index >= 15 is 4.79 Å². The van der Waals surface area contributed by atoms with Crippen molar-refractivity contribution in [2.24, 2.45) is 0 Å². The van der Waals surface area contributed by atoms with Crippen molar-refractivity contribution in [1.29, 1.82) is 0 Å². The summed E-state index contributed by atoms with van der Waals surface area (Å²) in [4.78, 5) is 45.1. The van der Waals surface area contributed by atoms with E-state index in [0.29, 0.717) is 77.9 Å². The molecule has 0 aliphatic carbocycles. The topological polar surface area (TPSA) is 111 Å². The molecule has 6 aromatic rings. The third kappa shape index (κ3) is 7.22. The van der Waals surface area contributed by atoms with Crippen LogP contribution >= 0.6 is 0 Å². The molecule has 0 atom stereocenters. The molecular formula is C47H41N3O7. The van der Waals surface area contributed by atoms with Gasteiger partial charge in [-0.2, -0.15) is 0 Å². The van der Waals surface area contributed by atoms with Crippen LogP contribution in [0.4, 0.5) is 5.69 Å². The zero-order chi connectivity index (χ0) is 38.9. The molecule has 0 saturated heterocycles. The maximum Gasteiger partial charge on any atom is 0.335 e. The third-order valence-electron chi connectivity index (χ3n) is 11.1. The molecule has 0 spiro atoms. The predicted molar refractivity (Wildman–Crippen MR) is 215 cm³/mol. The zero-order valence-electron chi connectivity index (χ0n) is 31.4. The van der Waals surface area contributed by atoms with Crippen LogP contribution in [0.5, 0.6) is 17.2 Å². The summed E-state index contributed by atoms with van der Waals surface area (Å²) in [5.74, 6) is 0.358. The number of carboxylic acids is 1. The summed E-state index contributed by atoms with van der Waals surface area (Å²) >= 11 is 0. The second-order valence-electron chi connectivity index (χ2n) is 14.7. The Hall–Kier alpha value is -6.81. The number of carbonyl (C=O) groups is 3. The highest BCUT2D eigenvalue weighted by Gasteiger charge is 2.32. The smallest absolute Gasteiger partial charge is 0.335 e. The normalized spacial score (nSPS) is 14.1. The highest BCUT2D eigenvalue weighted by molar-refractivity contribution is 6.09. The molecule has 0 radical (unpaired) electrons. The third-order valence-corrected chi connectivity index (χ3v) is 11.1. The number of fused-ring (bicyclic) bond motifs is 3. The molecule has 0 fully saturated rings. The first-order valence-electron chi connectivity index (χ1n) is 19.3. The fourth-order valence-electron chi connectivity index (χ4n) is 8.13. The number of ether oxygens (including phenoxy) is 3. The number of carbonyl (C=O) groups excluding carboxylic acids is 2. The lowest BCUT2D eigenvalue weighted by Crippen LogP contribution is -2.36. The van der Waals surface area contributed by atoms with Gasteiger partial charge < -0.3 is 33.7 Å². The molecule has 2 amide bonds. The summed E-state index contributed by atoms with van der Waals surface area (Å²) in [7, 11) is 0. The Morgan fingerprint density at radius 3 is 2.28 bits per heavy atom. The Labute approximate surface area is 330 Å². The minimum absolute atomic E-state index is 0.0631. The Bertz CT molecular complexity index is 2490. The van der Waals surface area contributed by atoms with Gasteiger partial charge in [-0.25, -0.2) is 4.79 Å². The Kier molecular flexibility index (Phi) is 9.68. The number of hydrogen-bond donors (Lipinski definition) is 1. The fourth-order valence-corrected chi connectivity index (χ4v) is 8.13. The number of hydrogen-bond acceptors (Lipinski definition) is 6. The van der Waals surface area contributed by atoms with Crippen molar-refractivity contribution >= 4 is 23.5 Å². The lowest BCUT2D eigenvalue weighted by atomic mass is 9.97. The van der Waals surface area contributed by atoms with Crippen LogP contribution < -0.4 is 19.1 Å². The first-order chi connectivity index (χ1) is 27.9. The average Bonchev–Trinajstić information content (AvgIpc) is 3.89. The summed E-state index contributed by atoms with van der Waals surface area (Å²) in [5.41, 5.74) is 8.27. The van der Waals surface area contributed by atoms with Gasteiger partial charge in [0.05, 0.1) is 23.2 Å². The number of aromatic nitrogens is 1. The number of aromatic carboxylic acids is 1. The van der Waals surface area contributed by atoms with Gasteiger partial charge in [-0.05, 0) is 103 Å². The van der Waals surface area contributed by atoms with Crippen molar-refractivity contribution in [3.05, 3.63) is 166 Å². The molecule has 5 aromatic carbocycles. The summed E-state index contributed by atoms with van der Waals surface area (Å²) in [6, 6.07) is 37.8. The van der Waals surface area contributed by atoms with Gasteiger partial charge in [-0.1, -0.05) is 66.7 Å². The molecule has 10 heteroatoms. The van der Waals surface area contributed by atoms with E-state index in [-0.39, 0.29) is 30.7 Å². The van der Waals surface area contributed by atoms with Gasteiger partial charge in [0.2, 0.25) is 6.79 Å². The monoisotopic (exact) mass is 759 g/mol. The average molecular weight is 760 g/mol. The van der Waals surface area contributed by atoms with Crippen LogP contribution in [0.25, 0.3) is 11.3 Å². The Morgan fingerprint density at radius 2 is 1.47 bits per heavy atom. The quantitative estimate of drug-likeness (QED) is 0.149. The number of anilines is 1. The molecule has 0 unspecified atom stereocenters. The van der Waals surface area contributed by atoms with Crippen LogP contribution in [-0.4, -0.2) is 45.7 Å². The summed E-state index contributed by atoms with van der Waals surface area (Å²) in [5, 5.41) is 9.76. The van der Waals surface area contributed by atoms with Crippen LogP contribution in [0.3, 0.4) is 0 Å². The fraction of sp³-hybridized carbons (Fsp3) is 0.213. The van der Waals surface area contributed by atoms with Crippen molar-refractivity contribution in [3.8, 4) is 28.5 Å². The van der Waals surface area contributed by atoms with Gasteiger partial charge in [0, 0.05) is 42.3 Å². The second-order valence-corrected chi connectivity index (χ2v) is 14.7. The molecular weight excluding hydrogens is 719 g/mol. The largest absolute Gasteiger partial charge is 0.489 e. The number of amides is 2. The molecule has 3 aliphatic heterocycles. The minimum atomic E-state index is -1.04. The van der Waals surface area contributed by atoms with Crippen molar-refractivity contribution in [2.75, 3.05) is 18.2 Å². The van der Waals surface area contributed by atoms with E-state index in [0.717, 1.165) is 41.8 Å². The lowest BCUT2D eigenvalue weighted by Gasteiger charge is -2.30. The van der Waals surface area contributed by atoms with Gasteiger partial charge in [0.15, 0.2) is 11.5 Å². The molecule has 286 valence electrons. The molecule has 0 bridgehead atoms. The van der Waals surface area contributed by atoms with Crippen molar-refractivity contribution < 1.29 is 33.7 Å². The van der Waals surface area contributed by atoms with Crippen molar-refractivity contribution in [3.63, 3.8) is 0 Å². The molecule has 4 heterocycles.